The number of aryl methyl sites for hydroxylation is 1. The summed E-state index contributed by atoms with van der Waals surface area (Å²) in [5.74, 6) is -1.61. The molecule has 1 aromatic carbocycles. The standard InChI is InChI=1S/C22H29NO6/c1-5-6-7-8-9-18-13(2)17-11-10-16(12-19(17)29-22(18)27)28-15(4)20(24)23-14(3)21(25)26/h10-12,14-15H,5-9H2,1-4H3,(H,23,24)(H,25,26)/p-1/t14-,15-/m0/s1. The Morgan fingerprint density at radius 1 is 1.21 bits per heavy atom. The first-order chi connectivity index (χ1) is 13.7. The number of rotatable bonds is 10. The number of ether oxygens (including phenoxy) is 1. The van der Waals surface area contributed by atoms with Gasteiger partial charge in [0, 0.05) is 17.0 Å². The Morgan fingerprint density at radius 3 is 2.59 bits per heavy atom. The van der Waals surface area contributed by atoms with Gasteiger partial charge < -0.3 is 24.4 Å². The van der Waals surface area contributed by atoms with Crippen LogP contribution in [-0.2, 0) is 16.0 Å². The normalized spacial score (nSPS) is 13.1. The molecule has 7 heteroatoms. The number of hydrogen-bond donors (Lipinski definition) is 1. The number of unbranched alkanes of at least 4 members (excludes halogenated alkanes) is 3. The van der Waals surface area contributed by atoms with Gasteiger partial charge in [0.1, 0.15) is 11.3 Å². The topological polar surface area (TPSA) is 109 Å². The van der Waals surface area contributed by atoms with Crippen molar-refractivity contribution in [2.24, 2.45) is 0 Å². The number of benzene rings is 1. The Kier molecular flexibility index (Phi) is 7.82. The van der Waals surface area contributed by atoms with E-state index in [9.17, 15) is 19.5 Å². The molecule has 0 aliphatic carbocycles. The zero-order chi connectivity index (χ0) is 21.6. The lowest BCUT2D eigenvalue weighted by Crippen LogP contribution is -2.49. The number of aliphatic carboxylic acids is 1. The summed E-state index contributed by atoms with van der Waals surface area (Å²) in [4.78, 5) is 35.2. The van der Waals surface area contributed by atoms with Crippen LogP contribution in [0, 0.1) is 6.92 Å². The minimum Gasteiger partial charge on any atom is -0.548 e. The maximum atomic E-state index is 12.4. The van der Waals surface area contributed by atoms with Crippen LogP contribution in [0.3, 0.4) is 0 Å². The third-order valence-electron chi connectivity index (χ3n) is 4.93. The molecule has 0 aliphatic heterocycles. The van der Waals surface area contributed by atoms with Crippen molar-refractivity contribution >= 4 is 22.8 Å². The van der Waals surface area contributed by atoms with Crippen molar-refractivity contribution in [3.63, 3.8) is 0 Å². The van der Waals surface area contributed by atoms with Gasteiger partial charge in [-0.2, -0.15) is 0 Å². The van der Waals surface area contributed by atoms with E-state index in [4.69, 9.17) is 9.15 Å². The Morgan fingerprint density at radius 2 is 1.93 bits per heavy atom. The molecule has 1 amide bonds. The quantitative estimate of drug-likeness (QED) is 0.482. The monoisotopic (exact) mass is 402 g/mol. The van der Waals surface area contributed by atoms with Gasteiger partial charge in [0.25, 0.3) is 5.91 Å². The van der Waals surface area contributed by atoms with Crippen LogP contribution in [0.15, 0.2) is 27.4 Å². The van der Waals surface area contributed by atoms with E-state index in [1.54, 1.807) is 18.2 Å². The number of hydrogen-bond acceptors (Lipinski definition) is 6. The van der Waals surface area contributed by atoms with Crippen molar-refractivity contribution in [1.29, 1.82) is 0 Å². The van der Waals surface area contributed by atoms with Crippen LogP contribution >= 0.6 is 0 Å². The van der Waals surface area contributed by atoms with Crippen LogP contribution in [0.4, 0.5) is 0 Å². The summed E-state index contributed by atoms with van der Waals surface area (Å²) in [5.41, 5.74) is 1.63. The Labute approximate surface area is 170 Å². The molecule has 29 heavy (non-hydrogen) atoms. The van der Waals surface area contributed by atoms with E-state index in [0.717, 1.165) is 36.6 Å². The Bertz CT molecular complexity index is 933. The van der Waals surface area contributed by atoms with Gasteiger partial charge in [0.15, 0.2) is 6.10 Å². The smallest absolute Gasteiger partial charge is 0.339 e. The number of carboxylic acids is 1. The van der Waals surface area contributed by atoms with Crippen LogP contribution in [0.25, 0.3) is 11.0 Å². The summed E-state index contributed by atoms with van der Waals surface area (Å²) in [6, 6.07) is 3.94. The van der Waals surface area contributed by atoms with Crippen molar-refractivity contribution in [2.75, 3.05) is 0 Å². The highest BCUT2D eigenvalue weighted by Crippen LogP contribution is 2.25. The lowest BCUT2D eigenvalue weighted by molar-refractivity contribution is -0.307. The maximum absolute atomic E-state index is 12.4. The summed E-state index contributed by atoms with van der Waals surface area (Å²) in [6.07, 6.45) is 4.07. The molecule has 2 atom stereocenters. The maximum Gasteiger partial charge on any atom is 0.339 e. The molecule has 0 radical (unpaired) electrons. The highest BCUT2D eigenvalue weighted by Gasteiger charge is 2.18. The first-order valence-corrected chi connectivity index (χ1v) is 9.98. The van der Waals surface area contributed by atoms with Crippen molar-refractivity contribution in [3.05, 3.63) is 39.7 Å². The average molecular weight is 402 g/mol. The molecule has 0 spiro atoms. The van der Waals surface area contributed by atoms with Crippen LogP contribution in [-0.4, -0.2) is 24.0 Å². The predicted molar refractivity (Wildman–Crippen MR) is 108 cm³/mol. The first kappa shape index (κ1) is 22.5. The minimum absolute atomic E-state index is 0.347. The molecule has 2 aromatic rings. The van der Waals surface area contributed by atoms with Crippen LogP contribution in [0.1, 0.15) is 57.6 Å². The Balaban J connectivity index is 2.16. The molecular formula is C22H28NO6-. The largest absolute Gasteiger partial charge is 0.548 e. The molecule has 0 aliphatic rings. The first-order valence-electron chi connectivity index (χ1n) is 9.98. The van der Waals surface area contributed by atoms with Gasteiger partial charge in [0.2, 0.25) is 0 Å². The number of fused-ring (bicyclic) bond motifs is 1. The van der Waals surface area contributed by atoms with E-state index in [1.165, 1.54) is 13.8 Å². The fraction of sp³-hybridized carbons (Fsp3) is 0.500. The molecule has 0 saturated carbocycles. The zero-order valence-electron chi connectivity index (χ0n) is 17.4. The van der Waals surface area contributed by atoms with Gasteiger partial charge in [0.05, 0.1) is 12.0 Å². The van der Waals surface area contributed by atoms with E-state index in [0.29, 0.717) is 23.3 Å². The van der Waals surface area contributed by atoms with Crippen molar-refractivity contribution in [1.82, 2.24) is 5.32 Å². The molecule has 0 saturated heterocycles. The molecule has 0 bridgehead atoms. The number of carboxylic acid groups (broad SMARTS) is 1. The second-order valence-corrected chi connectivity index (χ2v) is 7.27. The third-order valence-corrected chi connectivity index (χ3v) is 4.93. The van der Waals surface area contributed by atoms with Crippen molar-refractivity contribution in [3.8, 4) is 5.75 Å². The highest BCUT2D eigenvalue weighted by atomic mass is 16.5. The van der Waals surface area contributed by atoms with Crippen molar-refractivity contribution < 1.29 is 23.8 Å². The van der Waals surface area contributed by atoms with Crippen LogP contribution < -0.4 is 20.8 Å². The summed E-state index contributed by atoms with van der Waals surface area (Å²) < 4.78 is 11.1. The fourth-order valence-corrected chi connectivity index (χ4v) is 3.11. The van der Waals surface area contributed by atoms with E-state index >= 15 is 0 Å². The van der Waals surface area contributed by atoms with Crippen molar-refractivity contribution in [2.45, 2.75) is 71.9 Å². The molecule has 0 unspecified atom stereocenters. The number of nitrogens with one attached hydrogen (secondary N) is 1. The lowest BCUT2D eigenvalue weighted by atomic mass is 10.0. The molecule has 158 valence electrons. The molecule has 1 aromatic heterocycles. The van der Waals surface area contributed by atoms with Gasteiger partial charge in [-0.25, -0.2) is 4.79 Å². The number of carbonyl (C=O) groups excluding carboxylic acids is 2. The van der Waals surface area contributed by atoms with Gasteiger partial charge in [-0.3, -0.25) is 4.79 Å². The summed E-state index contributed by atoms with van der Waals surface area (Å²) >= 11 is 0. The van der Waals surface area contributed by atoms with E-state index in [-0.39, 0.29) is 5.63 Å². The fourth-order valence-electron chi connectivity index (χ4n) is 3.11. The highest BCUT2D eigenvalue weighted by molar-refractivity contribution is 5.86. The number of amides is 1. The molecule has 1 N–H and O–H groups in total. The van der Waals surface area contributed by atoms with Crippen LogP contribution in [0.5, 0.6) is 5.75 Å². The zero-order valence-corrected chi connectivity index (χ0v) is 17.4. The van der Waals surface area contributed by atoms with E-state index < -0.39 is 24.0 Å². The van der Waals surface area contributed by atoms with Gasteiger partial charge in [-0.05, 0) is 51.3 Å². The lowest BCUT2D eigenvalue weighted by Gasteiger charge is -2.19. The summed E-state index contributed by atoms with van der Waals surface area (Å²) in [7, 11) is 0. The summed E-state index contributed by atoms with van der Waals surface area (Å²) in [6.45, 7) is 6.87. The second-order valence-electron chi connectivity index (χ2n) is 7.27. The SMILES string of the molecule is CCCCCCc1c(C)c2ccc(O[C@@H](C)C(=O)N[C@@H](C)C(=O)[O-])cc2oc1=O. The van der Waals surface area contributed by atoms with Gasteiger partial charge >= 0.3 is 5.63 Å². The van der Waals surface area contributed by atoms with Gasteiger partial charge in [-0.15, -0.1) is 0 Å². The average Bonchev–Trinajstić information content (AvgIpc) is 2.66. The molecule has 0 fully saturated rings. The molecular weight excluding hydrogens is 374 g/mol. The Hall–Kier alpha value is -2.83. The minimum atomic E-state index is -1.38. The second kappa shape index (κ2) is 10.1. The van der Waals surface area contributed by atoms with Crippen LogP contribution in [0.2, 0.25) is 0 Å². The van der Waals surface area contributed by atoms with Gasteiger partial charge in [-0.1, -0.05) is 26.2 Å². The summed E-state index contributed by atoms with van der Waals surface area (Å²) in [5, 5.41) is 13.9. The number of carbonyl (C=O) groups is 2. The molecule has 2 rings (SSSR count). The third kappa shape index (κ3) is 5.82. The van der Waals surface area contributed by atoms with E-state index in [1.807, 2.05) is 6.92 Å². The molecule has 1 heterocycles. The molecule has 7 nitrogen and oxygen atoms in total. The predicted octanol–water partition coefficient (Wildman–Crippen LogP) is 2.25. The van der Waals surface area contributed by atoms with E-state index in [2.05, 4.69) is 12.2 Å².